The second kappa shape index (κ2) is 5.97. The van der Waals surface area contributed by atoms with Gasteiger partial charge in [-0.05, 0) is 55.2 Å². The summed E-state index contributed by atoms with van der Waals surface area (Å²) in [6.07, 6.45) is 0.561. The first kappa shape index (κ1) is 18.0. The maximum atomic E-state index is 13.1. The fraction of sp³-hybridized carbons (Fsp3) is 0.167. The summed E-state index contributed by atoms with van der Waals surface area (Å²) >= 11 is 0. The number of benzene rings is 3. The molecule has 5 heteroatoms. The third kappa shape index (κ3) is 2.47. The fourth-order valence-corrected chi connectivity index (χ4v) is 5.80. The number of carbonyl (C=O) groups excluding carboxylic acids is 2. The molecule has 1 spiro atoms. The Bertz CT molecular complexity index is 1270. The highest BCUT2D eigenvalue weighted by molar-refractivity contribution is 7.91. The van der Waals surface area contributed by atoms with Gasteiger partial charge in [0.25, 0.3) is 0 Å². The molecule has 0 aliphatic heterocycles. The summed E-state index contributed by atoms with van der Waals surface area (Å²) in [6.45, 7) is 1.90. The van der Waals surface area contributed by atoms with E-state index in [0.29, 0.717) is 17.5 Å². The molecule has 0 heterocycles. The molecule has 0 radical (unpaired) electrons. The van der Waals surface area contributed by atoms with Crippen molar-refractivity contribution in [3.63, 3.8) is 0 Å². The Morgan fingerprint density at radius 1 is 0.724 bits per heavy atom. The number of hydrogen-bond donors (Lipinski definition) is 0. The summed E-state index contributed by atoms with van der Waals surface area (Å²) in [4.78, 5) is 26.6. The molecule has 5 rings (SSSR count). The Hall–Kier alpha value is -3.05. The number of fused-ring (bicyclic) bond motifs is 2. The average molecular weight is 402 g/mol. The third-order valence-electron chi connectivity index (χ3n) is 6.09. The lowest BCUT2D eigenvalue weighted by atomic mass is 9.80. The molecule has 0 amide bonds. The van der Waals surface area contributed by atoms with E-state index in [9.17, 15) is 18.0 Å². The van der Waals surface area contributed by atoms with Crippen LogP contribution in [0, 0.1) is 12.3 Å². The van der Waals surface area contributed by atoms with E-state index < -0.39 is 15.3 Å². The van der Waals surface area contributed by atoms with Gasteiger partial charge < -0.3 is 0 Å². The highest BCUT2D eigenvalue weighted by atomic mass is 32.2. The number of ketones is 2. The molecule has 0 bridgehead atoms. The molecule has 144 valence electrons. The number of aryl methyl sites for hydroxylation is 1. The predicted octanol–water partition coefficient (Wildman–Crippen LogP) is 3.99. The summed E-state index contributed by atoms with van der Waals surface area (Å²) in [6, 6.07) is 18.6. The highest BCUT2D eigenvalue weighted by Crippen LogP contribution is 2.47. The third-order valence-corrected chi connectivity index (χ3v) is 7.86. The van der Waals surface area contributed by atoms with Gasteiger partial charge in [-0.3, -0.25) is 9.59 Å². The number of rotatable bonds is 2. The molecule has 2 aliphatic carbocycles. The Morgan fingerprint density at radius 2 is 1.28 bits per heavy atom. The van der Waals surface area contributed by atoms with E-state index in [2.05, 4.69) is 0 Å². The molecule has 4 nitrogen and oxygen atoms in total. The molecular formula is C24H18O4S. The fourth-order valence-electron chi connectivity index (χ4n) is 4.49. The van der Waals surface area contributed by atoms with Gasteiger partial charge >= 0.3 is 0 Å². The van der Waals surface area contributed by atoms with Crippen LogP contribution in [0.3, 0.4) is 0 Å². The van der Waals surface area contributed by atoms with Crippen LogP contribution >= 0.6 is 0 Å². The number of hydrogen-bond acceptors (Lipinski definition) is 4. The molecule has 3 aromatic rings. The molecule has 0 N–H and O–H groups in total. The van der Waals surface area contributed by atoms with Crippen molar-refractivity contribution in [2.75, 3.05) is 0 Å². The van der Waals surface area contributed by atoms with E-state index in [-0.39, 0.29) is 27.8 Å². The van der Waals surface area contributed by atoms with E-state index in [4.69, 9.17) is 0 Å². The van der Waals surface area contributed by atoms with Gasteiger partial charge in [-0.1, -0.05) is 48.0 Å². The van der Waals surface area contributed by atoms with Crippen molar-refractivity contribution >= 4 is 21.4 Å². The molecule has 0 saturated carbocycles. The number of sulfone groups is 1. The molecular weight excluding hydrogens is 384 g/mol. The molecule has 3 aromatic carbocycles. The first-order valence-corrected chi connectivity index (χ1v) is 10.9. The molecule has 0 saturated heterocycles. The van der Waals surface area contributed by atoms with Gasteiger partial charge in [0.15, 0.2) is 11.6 Å². The van der Waals surface area contributed by atoms with E-state index in [1.165, 1.54) is 0 Å². The normalized spacial score (nSPS) is 16.9. The van der Waals surface area contributed by atoms with E-state index >= 15 is 0 Å². The SMILES string of the molecule is Cc1ccc(S(=O)(=O)c2ccc3c(c2)CC2(C3)C(=O)c3ccccc3C2=O)cc1. The first-order valence-electron chi connectivity index (χ1n) is 9.45. The second-order valence-corrected chi connectivity index (χ2v) is 9.84. The Kier molecular flexibility index (Phi) is 3.71. The number of carbonyl (C=O) groups is 2. The van der Waals surface area contributed by atoms with Crippen LogP contribution in [0.2, 0.25) is 0 Å². The van der Waals surface area contributed by atoms with Gasteiger partial charge in [0.05, 0.1) is 9.79 Å². The van der Waals surface area contributed by atoms with Crippen molar-refractivity contribution < 1.29 is 18.0 Å². The lowest BCUT2D eigenvalue weighted by Gasteiger charge is -2.18. The molecule has 2 aliphatic rings. The van der Waals surface area contributed by atoms with Crippen LogP contribution in [0.25, 0.3) is 0 Å². The zero-order valence-corrected chi connectivity index (χ0v) is 16.6. The van der Waals surface area contributed by atoms with Crippen LogP contribution in [-0.2, 0) is 22.7 Å². The van der Waals surface area contributed by atoms with Crippen LogP contribution in [0.4, 0.5) is 0 Å². The Balaban J connectivity index is 1.55. The van der Waals surface area contributed by atoms with Crippen molar-refractivity contribution in [2.45, 2.75) is 29.6 Å². The van der Waals surface area contributed by atoms with Crippen LogP contribution in [0.1, 0.15) is 37.4 Å². The van der Waals surface area contributed by atoms with E-state index in [1.807, 2.05) is 6.92 Å². The minimum absolute atomic E-state index is 0.155. The van der Waals surface area contributed by atoms with Crippen LogP contribution < -0.4 is 0 Å². The van der Waals surface area contributed by atoms with E-state index in [0.717, 1.165) is 16.7 Å². The highest BCUT2D eigenvalue weighted by Gasteiger charge is 2.55. The predicted molar refractivity (Wildman–Crippen MR) is 108 cm³/mol. The maximum Gasteiger partial charge on any atom is 0.206 e. The summed E-state index contributed by atoms with van der Waals surface area (Å²) in [5, 5.41) is 0. The minimum atomic E-state index is -3.66. The minimum Gasteiger partial charge on any atom is -0.293 e. The van der Waals surface area contributed by atoms with E-state index in [1.54, 1.807) is 66.7 Å². The lowest BCUT2D eigenvalue weighted by Crippen LogP contribution is -2.34. The number of Topliss-reactive ketones (excluding diaryl/α,β-unsaturated/α-hetero) is 2. The van der Waals surface area contributed by atoms with Crippen LogP contribution in [0.5, 0.6) is 0 Å². The van der Waals surface area contributed by atoms with Crippen molar-refractivity contribution in [1.82, 2.24) is 0 Å². The largest absolute Gasteiger partial charge is 0.293 e. The van der Waals surface area contributed by atoms with Crippen molar-refractivity contribution in [3.8, 4) is 0 Å². The standard InChI is InChI=1S/C24H18O4S/c1-15-6-9-18(10-7-15)29(27,28)19-11-8-16-13-24(14-17(16)12-19)22(25)20-4-2-3-5-21(20)23(24)26/h2-12H,13-14H2,1H3. The van der Waals surface area contributed by atoms with Crippen molar-refractivity contribution in [1.29, 1.82) is 0 Å². The Labute approximate surface area is 169 Å². The maximum absolute atomic E-state index is 13.1. The van der Waals surface area contributed by atoms with Gasteiger partial charge in [0.2, 0.25) is 9.84 Å². The zero-order chi connectivity index (χ0) is 20.4. The Morgan fingerprint density at radius 3 is 1.90 bits per heavy atom. The first-order chi connectivity index (χ1) is 13.8. The molecule has 0 unspecified atom stereocenters. The second-order valence-electron chi connectivity index (χ2n) is 7.89. The molecule has 0 fully saturated rings. The molecule has 29 heavy (non-hydrogen) atoms. The summed E-state index contributed by atoms with van der Waals surface area (Å²) in [7, 11) is -3.66. The van der Waals surface area contributed by atoms with Gasteiger partial charge in [-0.2, -0.15) is 0 Å². The quantitative estimate of drug-likeness (QED) is 0.608. The average Bonchev–Trinajstić information content (AvgIpc) is 3.20. The molecule has 0 atom stereocenters. The van der Waals surface area contributed by atoms with Gasteiger partial charge in [-0.15, -0.1) is 0 Å². The zero-order valence-electron chi connectivity index (χ0n) is 15.8. The van der Waals surface area contributed by atoms with Gasteiger partial charge in [-0.25, -0.2) is 8.42 Å². The van der Waals surface area contributed by atoms with Crippen molar-refractivity contribution in [2.24, 2.45) is 5.41 Å². The van der Waals surface area contributed by atoms with Crippen LogP contribution in [-0.4, -0.2) is 20.0 Å². The van der Waals surface area contributed by atoms with Crippen molar-refractivity contribution in [3.05, 3.63) is 94.5 Å². The smallest absolute Gasteiger partial charge is 0.206 e. The topological polar surface area (TPSA) is 68.3 Å². The lowest BCUT2D eigenvalue weighted by molar-refractivity contribution is 0.0710. The summed E-state index contributed by atoms with van der Waals surface area (Å²) < 4.78 is 26.1. The van der Waals surface area contributed by atoms with Crippen LogP contribution in [0.15, 0.2) is 76.5 Å². The van der Waals surface area contributed by atoms with Gasteiger partial charge in [0, 0.05) is 11.1 Å². The van der Waals surface area contributed by atoms with Gasteiger partial charge in [0.1, 0.15) is 5.41 Å². The monoisotopic (exact) mass is 402 g/mol. The summed E-state index contributed by atoms with van der Waals surface area (Å²) in [5.74, 6) is -0.311. The summed E-state index contributed by atoms with van der Waals surface area (Å²) in [5.41, 5.74) is 2.42. The molecule has 0 aromatic heterocycles.